The van der Waals surface area contributed by atoms with Crippen molar-refractivity contribution in [1.29, 1.82) is 0 Å². The molecule has 5 heteroatoms. The van der Waals surface area contributed by atoms with E-state index < -0.39 is 12.0 Å². The van der Waals surface area contributed by atoms with Crippen LogP contribution < -0.4 is 4.90 Å². The fraction of sp³-hybridized carbons (Fsp3) is 0.214. The van der Waals surface area contributed by atoms with Gasteiger partial charge in [-0.1, -0.05) is 18.2 Å². The number of benzene rings is 1. The molecular weight excluding hydrogens is 244 g/mol. The number of carboxylic acid groups (broad SMARTS) is 1. The molecule has 19 heavy (non-hydrogen) atoms. The zero-order valence-electron chi connectivity index (χ0n) is 10.7. The first-order valence-corrected chi connectivity index (χ1v) is 5.89. The van der Waals surface area contributed by atoms with Crippen molar-refractivity contribution in [2.75, 3.05) is 4.90 Å². The van der Waals surface area contributed by atoms with E-state index in [2.05, 4.69) is 4.98 Å². The Balaban J connectivity index is 2.50. The highest BCUT2D eigenvalue weighted by Gasteiger charge is 2.25. The molecule has 0 radical (unpaired) electrons. The number of aromatic nitrogens is 1. The van der Waals surface area contributed by atoms with Gasteiger partial charge in [-0.2, -0.15) is 0 Å². The molecule has 0 saturated heterocycles. The van der Waals surface area contributed by atoms with Crippen molar-refractivity contribution in [2.24, 2.45) is 0 Å². The van der Waals surface area contributed by atoms with Gasteiger partial charge in [0.1, 0.15) is 11.9 Å². The lowest BCUT2D eigenvalue weighted by atomic mass is 10.2. The molecule has 0 spiro atoms. The Bertz CT molecular complexity index is 639. The summed E-state index contributed by atoms with van der Waals surface area (Å²) in [6.45, 7) is 2.79. The lowest BCUT2D eigenvalue weighted by Crippen LogP contribution is -2.42. The molecule has 1 amide bonds. The molecule has 0 aliphatic heterocycles. The van der Waals surface area contributed by atoms with Crippen LogP contribution in [0.2, 0.25) is 0 Å². The van der Waals surface area contributed by atoms with E-state index in [1.165, 1.54) is 18.7 Å². The van der Waals surface area contributed by atoms with Gasteiger partial charge in [-0.3, -0.25) is 9.69 Å². The summed E-state index contributed by atoms with van der Waals surface area (Å²) < 4.78 is 0. The lowest BCUT2D eigenvalue weighted by Gasteiger charge is -2.24. The molecule has 0 unspecified atom stereocenters. The quantitative estimate of drug-likeness (QED) is 0.914. The number of hydrogen-bond acceptors (Lipinski definition) is 3. The van der Waals surface area contributed by atoms with Crippen LogP contribution in [0.1, 0.15) is 13.8 Å². The van der Waals surface area contributed by atoms with Crippen LogP contribution in [-0.4, -0.2) is 28.0 Å². The number of hydrogen-bond donors (Lipinski definition) is 1. The maximum Gasteiger partial charge on any atom is 0.326 e. The second-order valence-corrected chi connectivity index (χ2v) is 4.27. The third-order valence-corrected chi connectivity index (χ3v) is 2.91. The molecule has 1 atom stereocenters. The number of carbonyl (C=O) groups excluding carboxylic acids is 1. The van der Waals surface area contributed by atoms with Crippen LogP contribution in [0.25, 0.3) is 10.9 Å². The van der Waals surface area contributed by atoms with Crippen molar-refractivity contribution in [3.8, 4) is 0 Å². The highest BCUT2D eigenvalue weighted by Crippen LogP contribution is 2.20. The molecule has 0 saturated carbocycles. The number of pyridine rings is 1. The Morgan fingerprint density at radius 2 is 1.89 bits per heavy atom. The molecule has 0 aliphatic rings. The molecule has 0 fully saturated rings. The second-order valence-electron chi connectivity index (χ2n) is 4.27. The number of carbonyl (C=O) groups is 2. The highest BCUT2D eigenvalue weighted by atomic mass is 16.4. The standard InChI is InChI=1S/C14H14N2O3/c1-9(14(18)19)16(10(2)17)13-8-7-11-5-3-4-6-12(11)15-13/h3-9H,1-2H3,(H,18,19)/t9-/m0/s1. The van der Waals surface area contributed by atoms with Gasteiger partial charge >= 0.3 is 5.97 Å². The number of para-hydroxylation sites is 1. The minimum Gasteiger partial charge on any atom is -0.480 e. The Morgan fingerprint density at radius 1 is 1.21 bits per heavy atom. The number of amides is 1. The first-order valence-electron chi connectivity index (χ1n) is 5.89. The number of fused-ring (bicyclic) bond motifs is 1. The zero-order valence-corrected chi connectivity index (χ0v) is 10.7. The predicted octanol–water partition coefficient (Wildman–Crippen LogP) is 2.06. The Hall–Kier alpha value is -2.43. The van der Waals surface area contributed by atoms with Crippen molar-refractivity contribution < 1.29 is 14.7 Å². The van der Waals surface area contributed by atoms with E-state index in [-0.39, 0.29) is 5.91 Å². The Kier molecular flexibility index (Phi) is 3.46. The smallest absolute Gasteiger partial charge is 0.326 e. The lowest BCUT2D eigenvalue weighted by molar-refractivity contribution is -0.139. The molecule has 1 N–H and O–H groups in total. The van der Waals surface area contributed by atoms with Gasteiger partial charge in [-0.15, -0.1) is 0 Å². The Morgan fingerprint density at radius 3 is 2.53 bits per heavy atom. The fourth-order valence-corrected chi connectivity index (χ4v) is 1.93. The summed E-state index contributed by atoms with van der Waals surface area (Å²) in [7, 11) is 0. The van der Waals surface area contributed by atoms with Crippen molar-refractivity contribution in [1.82, 2.24) is 4.98 Å². The van der Waals surface area contributed by atoms with Crippen LogP contribution in [0, 0.1) is 0 Å². The maximum atomic E-state index is 11.6. The molecule has 0 aliphatic carbocycles. The summed E-state index contributed by atoms with van der Waals surface area (Å²) in [6, 6.07) is 9.99. The van der Waals surface area contributed by atoms with Crippen molar-refractivity contribution in [3.05, 3.63) is 36.4 Å². The predicted molar refractivity (Wildman–Crippen MR) is 72.0 cm³/mol. The van der Waals surface area contributed by atoms with Crippen LogP contribution in [0.3, 0.4) is 0 Å². The van der Waals surface area contributed by atoms with E-state index in [1.807, 2.05) is 30.3 Å². The summed E-state index contributed by atoms with van der Waals surface area (Å²) in [5.41, 5.74) is 0.726. The summed E-state index contributed by atoms with van der Waals surface area (Å²) in [4.78, 5) is 28.2. The second kappa shape index (κ2) is 5.06. The minimum atomic E-state index is -1.06. The molecule has 2 rings (SSSR count). The van der Waals surface area contributed by atoms with Gasteiger partial charge in [0.15, 0.2) is 0 Å². The molecule has 1 heterocycles. The molecular formula is C14H14N2O3. The molecule has 2 aromatic rings. The van der Waals surface area contributed by atoms with Crippen molar-refractivity contribution in [3.63, 3.8) is 0 Å². The molecule has 5 nitrogen and oxygen atoms in total. The zero-order chi connectivity index (χ0) is 14.0. The van der Waals surface area contributed by atoms with E-state index in [0.717, 1.165) is 10.9 Å². The van der Waals surface area contributed by atoms with E-state index >= 15 is 0 Å². The van der Waals surface area contributed by atoms with Gasteiger partial charge in [-0.25, -0.2) is 9.78 Å². The van der Waals surface area contributed by atoms with Crippen LogP contribution in [0.4, 0.5) is 5.82 Å². The van der Waals surface area contributed by atoms with Crippen LogP contribution in [0.5, 0.6) is 0 Å². The molecule has 98 valence electrons. The van der Waals surface area contributed by atoms with Gasteiger partial charge in [-0.05, 0) is 25.1 Å². The van der Waals surface area contributed by atoms with Crippen molar-refractivity contribution >= 4 is 28.6 Å². The first-order chi connectivity index (χ1) is 9.00. The minimum absolute atomic E-state index is 0.348. The largest absolute Gasteiger partial charge is 0.480 e. The molecule has 0 bridgehead atoms. The van der Waals surface area contributed by atoms with Crippen molar-refractivity contribution in [2.45, 2.75) is 19.9 Å². The van der Waals surface area contributed by atoms with E-state index in [1.54, 1.807) is 6.07 Å². The SMILES string of the molecule is CC(=O)N(c1ccc2ccccc2n1)[C@@H](C)C(=O)O. The third-order valence-electron chi connectivity index (χ3n) is 2.91. The maximum absolute atomic E-state index is 11.6. The summed E-state index contributed by atoms with van der Waals surface area (Å²) in [5, 5.41) is 10.00. The molecule has 1 aromatic heterocycles. The Labute approximate surface area is 110 Å². The van der Waals surface area contributed by atoms with Gasteiger partial charge < -0.3 is 5.11 Å². The third kappa shape index (κ3) is 2.54. The van der Waals surface area contributed by atoms with Crippen LogP contribution >= 0.6 is 0 Å². The first kappa shape index (κ1) is 13.0. The number of nitrogens with zero attached hydrogens (tertiary/aromatic N) is 2. The van der Waals surface area contributed by atoms with Crippen LogP contribution in [0.15, 0.2) is 36.4 Å². The van der Waals surface area contributed by atoms with Gasteiger partial charge in [0.2, 0.25) is 5.91 Å². The average Bonchev–Trinajstić information content (AvgIpc) is 2.38. The fourth-order valence-electron chi connectivity index (χ4n) is 1.93. The topological polar surface area (TPSA) is 70.5 Å². The number of aliphatic carboxylic acids is 1. The van der Waals surface area contributed by atoms with Gasteiger partial charge in [0, 0.05) is 12.3 Å². The summed E-state index contributed by atoms with van der Waals surface area (Å²) >= 11 is 0. The number of rotatable bonds is 3. The summed E-state index contributed by atoms with van der Waals surface area (Å²) in [5.74, 6) is -1.07. The summed E-state index contributed by atoms with van der Waals surface area (Å²) in [6.07, 6.45) is 0. The van der Waals surface area contributed by atoms with Crippen LogP contribution in [-0.2, 0) is 9.59 Å². The molecule has 1 aromatic carbocycles. The van der Waals surface area contributed by atoms with Gasteiger partial charge in [0.05, 0.1) is 5.52 Å². The van der Waals surface area contributed by atoms with Gasteiger partial charge in [0.25, 0.3) is 0 Å². The normalized spacial score (nSPS) is 12.1. The number of anilines is 1. The van der Waals surface area contributed by atoms with E-state index in [0.29, 0.717) is 5.82 Å². The van der Waals surface area contributed by atoms with E-state index in [9.17, 15) is 9.59 Å². The average molecular weight is 258 g/mol. The number of carboxylic acids is 1. The van der Waals surface area contributed by atoms with E-state index in [4.69, 9.17) is 5.11 Å². The highest BCUT2D eigenvalue weighted by molar-refractivity contribution is 5.97. The monoisotopic (exact) mass is 258 g/mol.